The number of piperidine rings is 1. The highest BCUT2D eigenvalue weighted by Crippen LogP contribution is 2.39. The number of carbonyl (C=O) groups excluding carboxylic acids is 4. The molecular weight excluding hydrogens is 722 g/mol. The minimum Gasteiger partial charge on any atom is -0.456 e. The highest BCUT2D eigenvalue weighted by atomic mass is 16.7. The number of esters is 1. The lowest BCUT2D eigenvalue weighted by molar-refractivity contribution is -0.302. The number of hydrogen-bond acceptors (Lipinski definition) is 12. The minimum atomic E-state index is -2.52. The molecule has 14 atom stereocenters. The highest BCUT2D eigenvalue weighted by molar-refractivity contribution is 6.39. The largest absolute Gasteiger partial charge is 0.456 e. The lowest BCUT2D eigenvalue weighted by Gasteiger charge is -2.47. The van der Waals surface area contributed by atoms with Crippen LogP contribution >= 0.6 is 0 Å². The van der Waals surface area contributed by atoms with Gasteiger partial charge in [-0.25, -0.2) is 4.79 Å². The number of fused-ring (bicyclic) bond motifs is 3. The Morgan fingerprint density at radius 2 is 1.62 bits per heavy atom. The Morgan fingerprint density at radius 3 is 2.27 bits per heavy atom. The van der Waals surface area contributed by atoms with Crippen molar-refractivity contribution >= 4 is 23.4 Å². The molecule has 13 nitrogen and oxygen atoms in total. The van der Waals surface area contributed by atoms with E-state index < -0.39 is 90.0 Å². The third kappa shape index (κ3) is 10.8. The number of amides is 1. The van der Waals surface area contributed by atoms with Gasteiger partial charge in [-0.1, -0.05) is 44.6 Å². The normalized spacial score (nSPS) is 40.6. The molecule has 0 aromatic rings. The maximum absolute atomic E-state index is 14.2. The van der Waals surface area contributed by atoms with Gasteiger partial charge in [0.05, 0.1) is 30.5 Å². The second-order valence-corrected chi connectivity index (χ2v) is 17.1. The molecule has 0 radical (unpaired) electrons. The molecule has 4 N–H and O–H groups in total. The number of Topliss-reactive ketones (excluding diaryl/α,β-unsaturated/α-hetero) is 2. The molecular formula is C43H67NO12. The van der Waals surface area contributed by atoms with Crippen molar-refractivity contribution in [2.24, 2.45) is 29.6 Å². The number of ketones is 2. The zero-order chi connectivity index (χ0) is 41.5. The number of methoxy groups -OCH3 is 2. The van der Waals surface area contributed by atoms with E-state index in [9.17, 15) is 39.6 Å². The Bertz CT molecular complexity index is 1460. The monoisotopic (exact) mass is 789 g/mol. The molecule has 13 heteroatoms. The summed E-state index contributed by atoms with van der Waals surface area (Å²) in [6.45, 7) is 13.0. The van der Waals surface area contributed by atoms with Gasteiger partial charge in [0.15, 0.2) is 0 Å². The van der Waals surface area contributed by atoms with Crippen LogP contribution in [0.3, 0.4) is 0 Å². The second kappa shape index (κ2) is 20.3. The van der Waals surface area contributed by atoms with Crippen molar-refractivity contribution in [3.8, 4) is 0 Å². The van der Waals surface area contributed by atoms with Gasteiger partial charge in [0.25, 0.3) is 11.7 Å². The summed E-state index contributed by atoms with van der Waals surface area (Å²) in [5.41, 5.74) is 1.54. The molecule has 1 amide bonds. The summed E-state index contributed by atoms with van der Waals surface area (Å²) >= 11 is 0. The van der Waals surface area contributed by atoms with Crippen LogP contribution in [0.15, 0.2) is 36.0 Å². The minimum absolute atomic E-state index is 0.00242. The van der Waals surface area contributed by atoms with Crippen LogP contribution in [0.4, 0.5) is 0 Å². The smallest absolute Gasteiger partial charge is 0.329 e. The molecule has 0 aromatic heterocycles. The summed E-state index contributed by atoms with van der Waals surface area (Å²) in [6.07, 6.45) is 3.36. The van der Waals surface area contributed by atoms with E-state index >= 15 is 0 Å². The van der Waals surface area contributed by atoms with E-state index in [2.05, 4.69) is 6.58 Å². The van der Waals surface area contributed by atoms with Gasteiger partial charge in [-0.05, 0) is 95.5 Å². The van der Waals surface area contributed by atoms with Crippen molar-refractivity contribution < 1.29 is 58.6 Å². The van der Waals surface area contributed by atoms with Gasteiger partial charge in [0.1, 0.15) is 24.0 Å². The quantitative estimate of drug-likeness (QED) is 0.172. The molecule has 0 unspecified atom stereocenters. The van der Waals surface area contributed by atoms with Crippen LogP contribution in [-0.2, 0) is 38.1 Å². The van der Waals surface area contributed by atoms with Crippen LogP contribution in [0.5, 0.6) is 0 Å². The van der Waals surface area contributed by atoms with Crippen LogP contribution in [0.2, 0.25) is 0 Å². The Kier molecular flexibility index (Phi) is 16.6. The first kappa shape index (κ1) is 45.9. The van der Waals surface area contributed by atoms with Gasteiger partial charge in [0.2, 0.25) is 5.79 Å². The zero-order valence-corrected chi connectivity index (χ0v) is 34.4. The number of carbonyl (C=O) groups is 4. The third-order valence-corrected chi connectivity index (χ3v) is 12.6. The number of rotatable bonds is 6. The maximum Gasteiger partial charge on any atom is 0.329 e. The van der Waals surface area contributed by atoms with E-state index in [0.717, 1.165) is 10.5 Å². The van der Waals surface area contributed by atoms with Gasteiger partial charge in [-0.3, -0.25) is 14.4 Å². The predicted molar refractivity (Wildman–Crippen MR) is 208 cm³/mol. The standard InChI is InChI=1S/C43H67NO12/c1-9-12-30-18-24(2)17-25(3)19-36(53-7)39-37(54-8)21-27(5)43(52,56-39)40(49)41(50)44-16-11-10-13-31(44)42(51)55-38(28(6)33(46)23-34(30)47)26(4)20-29-14-15-32(45)35(48)22-29/h9,18,20,25,27-33,35-39,45-46,48,52H,1,10-17,19,21-23H2,2-8H3/b24-18?,26-20+/t25-,27+,28+,29-,30+,31-,32+,33-,35+,36-,37-,38+,39+,43+/m0/s1. The molecule has 4 aliphatic rings. The maximum atomic E-state index is 14.2. The van der Waals surface area contributed by atoms with Crippen molar-refractivity contribution in [3.63, 3.8) is 0 Å². The Labute approximate surface area is 332 Å². The van der Waals surface area contributed by atoms with E-state index in [0.29, 0.717) is 56.9 Å². The Balaban J connectivity index is 1.78. The van der Waals surface area contributed by atoms with Gasteiger partial charge >= 0.3 is 5.97 Å². The summed E-state index contributed by atoms with van der Waals surface area (Å²) in [5.74, 6) is -8.03. The van der Waals surface area contributed by atoms with E-state index in [-0.39, 0.29) is 43.4 Å². The van der Waals surface area contributed by atoms with Crippen LogP contribution in [-0.4, -0.2) is 124 Å². The van der Waals surface area contributed by atoms with Crippen LogP contribution in [0.25, 0.3) is 0 Å². The lowest BCUT2D eigenvalue weighted by Crippen LogP contribution is -2.64. The summed E-state index contributed by atoms with van der Waals surface area (Å²) in [7, 11) is 3.04. The van der Waals surface area contributed by atoms with Crippen molar-refractivity contribution in [1.29, 1.82) is 0 Å². The van der Waals surface area contributed by atoms with Gasteiger partial charge in [0, 0.05) is 44.9 Å². The van der Waals surface area contributed by atoms with E-state index in [4.69, 9.17) is 18.9 Å². The molecule has 1 saturated carbocycles. The van der Waals surface area contributed by atoms with Crippen LogP contribution in [0.1, 0.15) is 105 Å². The average Bonchev–Trinajstić information content (AvgIpc) is 3.16. The average molecular weight is 790 g/mol. The number of nitrogens with zero attached hydrogens (tertiary/aromatic N) is 1. The number of ether oxygens (including phenoxy) is 4. The number of aliphatic hydroxyl groups is 4. The summed E-state index contributed by atoms with van der Waals surface area (Å²) in [4.78, 5) is 57.6. The molecule has 4 rings (SSSR count). The first-order valence-corrected chi connectivity index (χ1v) is 20.5. The number of allylic oxidation sites excluding steroid dienone is 4. The van der Waals surface area contributed by atoms with Crippen LogP contribution < -0.4 is 0 Å². The number of hydrogen-bond donors (Lipinski definition) is 4. The Morgan fingerprint density at radius 1 is 0.946 bits per heavy atom. The predicted octanol–water partition coefficient (Wildman–Crippen LogP) is 3.98. The molecule has 3 aliphatic heterocycles. The zero-order valence-electron chi connectivity index (χ0n) is 34.4. The van der Waals surface area contributed by atoms with E-state index in [1.54, 1.807) is 26.8 Å². The van der Waals surface area contributed by atoms with Crippen LogP contribution in [0, 0.1) is 29.6 Å². The first-order chi connectivity index (χ1) is 26.4. The SMILES string of the molecule is C=CC[C@@H]1C=C(C)C[C@H](C)C[C@H](OC)[C@H]2O[C@@](O)(C(=O)C(=O)N3CCCC[C@H]3C(=O)O[C@H](/C(C)=C/[C@@H]3CC[C@@H](O)[C@H](O)C3)[C@H](C)[C@@H](O)CC1=O)[C@H](C)C[C@@H]2OC. The molecule has 0 spiro atoms. The molecule has 2 bridgehead atoms. The van der Waals surface area contributed by atoms with Gasteiger partial charge in [-0.15, -0.1) is 6.58 Å². The van der Waals surface area contributed by atoms with Crippen molar-refractivity contribution in [1.82, 2.24) is 4.90 Å². The molecule has 0 aromatic carbocycles. The van der Waals surface area contributed by atoms with E-state index in [1.807, 2.05) is 26.0 Å². The second-order valence-electron chi connectivity index (χ2n) is 17.1. The van der Waals surface area contributed by atoms with E-state index in [1.165, 1.54) is 14.2 Å². The summed E-state index contributed by atoms with van der Waals surface area (Å²) < 4.78 is 24.1. The van der Waals surface area contributed by atoms with Gasteiger partial charge in [-0.2, -0.15) is 0 Å². The van der Waals surface area contributed by atoms with Crippen molar-refractivity contribution in [3.05, 3.63) is 36.0 Å². The van der Waals surface area contributed by atoms with Crippen molar-refractivity contribution in [2.75, 3.05) is 20.8 Å². The van der Waals surface area contributed by atoms with Gasteiger partial charge < -0.3 is 44.3 Å². The summed E-state index contributed by atoms with van der Waals surface area (Å²) in [6, 6.07) is -1.16. The summed E-state index contributed by atoms with van der Waals surface area (Å²) in [5, 5.41) is 44.1. The molecule has 316 valence electrons. The number of aliphatic hydroxyl groups excluding tert-OH is 3. The third-order valence-electron chi connectivity index (χ3n) is 12.6. The van der Waals surface area contributed by atoms with Crippen molar-refractivity contribution in [2.45, 2.75) is 160 Å². The first-order valence-electron chi connectivity index (χ1n) is 20.5. The molecule has 2 saturated heterocycles. The topological polar surface area (TPSA) is 189 Å². The molecule has 3 heterocycles. The fourth-order valence-corrected chi connectivity index (χ4v) is 9.19. The number of cyclic esters (lactones) is 1. The fourth-order valence-electron chi connectivity index (χ4n) is 9.19. The molecule has 1 aliphatic carbocycles. The molecule has 3 fully saturated rings. The lowest BCUT2D eigenvalue weighted by atomic mass is 9.81. The Hall–Kier alpha value is -2.78. The highest BCUT2D eigenvalue weighted by Gasteiger charge is 2.56. The fraction of sp³-hybridized carbons (Fsp3) is 0.767. The molecule has 56 heavy (non-hydrogen) atoms.